The lowest BCUT2D eigenvalue weighted by molar-refractivity contribution is 0.127. The van der Waals surface area contributed by atoms with Crippen LogP contribution in [0.15, 0.2) is 22.7 Å². The minimum Gasteiger partial charge on any atom is -0.496 e. The van der Waals surface area contributed by atoms with E-state index in [1.807, 2.05) is 13.0 Å². The molecular formula is C14H20BrNO2. The maximum Gasteiger partial charge on any atom is 0.133 e. The molecule has 1 heterocycles. The summed E-state index contributed by atoms with van der Waals surface area (Å²) in [6.07, 6.45) is 0.896. The number of nitrogens with zero attached hydrogens (tertiary/aromatic N) is 1. The second-order valence-corrected chi connectivity index (χ2v) is 5.85. The molecule has 1 aliphatic rings. The molecule has 1 aromatic carbocycles. The normalized spacial score (nSPS) is 22.1. The Balaban J connectivity index is 1.96. The van der Waals surface area contributed by atoms with Crippen molar-refractivity contribution in [1.82, 2.24) is 4.90 Å². The lowest BCUT2D eigenvalue weighted by atomic mass is 10.0. The first-order valence-electron chi connectivity index (χ1n) is 6.33. The summed E-state index contributed by atoms with van der Waals surface area (Å²) in [7, 11) is 1.67. The van der Waals surface area contributed by atoms with Gasteiger partial charge in [-0.15, -0.1) is 0 Å². The molecule has 0 amide bonds. The number of aliphatic hydroxyl groups excluding tert-OH is 1. The summed E-state index contributed by atoms with van der Waals surface area (Å²) in [4.78, 5) is 2.39. The molecule has 1 N–H and O–H groups in total. The summed E-state index contributed by atoms with van der Waals surface area (Å²) in [5.74, 6) is 1.29. The van der Waals surface area contributed by atoms with E-state index < -0.39 is 0 Å². The summed E-state index contributed by atoms with van der Waals surface area (Å²) in [6, 6.07) is 6.19. The third kappa shape index (κ3) is 3.25. The van der Waals surface area contributed by atoms with Crippen molar-refractivity contribution in [3.05, 3.63) is 28.2 Å². The summed E-state index contributed by atoms with van der Waals surface area (Å²) in [5, 5.41) is 9.60. The lowest BCUT2D eigenvalue weighted by Gasteiger charge is -2.17. The van der Waals surface area contributed by atoms with Crippen LogP contribution in [0.5, 0.6) is 5.75 Å². The van der Waals surface area contributed by atoms with Crippen molar-refractivity contribution in [2.75, 3.05) is 20.2 Å². The monoisotopic (exact) mass is 313 g/mol. The Morgan fingerprint density at radius 3 is 2.89 bits per heavy atom. The number of hydrogen-bond acceptors (Lipinski definition) is 3. The molecule has 0 radical (unpaired) electrons. The predicted octanol–water partition coefficient (Wildman–Crippen LogP) is 2.66. The van der Waals surface area contributed by atoms with Gasteiger partial charge in [-0.3, -0.25) is 4.90 Å². The third-order valence-electron chi connectivity index (χ3n) is 3.61. The van der Waals surface area contributed by atoms with E-state index in [1.54, 1.807) is 7.11 Å². The Hall–Kier alpha value is -0.580. The molecule has 0 aliphatic carbocycles. The molecule has 0 aromatic heterocycles. The standard InChI is InChI=1S/C14H20BrNO2/c1-10(17)12-5-6-16(9-12)8-11-3-4-14(18-2)13(15)7-11/h3-4,7,10,12,17H,5-6,8-9H2,1-2H3. The van der Waals surface area contributed by atoms with Gasteiger partial charge in [0.2, 0.25) is 0 Å². The average Bonchev–Trinajstić information content (AvgIpc) is 2.78. The van der Waals surface area contributed by atoms with Crippen molar-refractivity contribution in [2.45, 2.75) is 26.0 Å². The first-order chi connectivity index (χ1) is 8.60. The fourth-order valence-electron chi connectivity index (χ4n) is 2.47. The van der Waals surface area contributed by atoms with Crippen LogP contribution < -0.4 is 4.74 Å². The Bertz CT molecular complexity index is 409. The topological polar surface area (TPSA) is 32.7 Å². The van der Waals surface area contributed by atoms with Crippen LogP contribution in [0.3, 0.4) is 0 Å². The Labute approximate surface area is 117 Å². The van der Waals surface area contributed by atoms with Gasteiger partial charge < -0.3 is 9.84 Å². The van der Waals surface area contributed by atoms with Gasteiger partial charge >= 0.3 is 0 Å². The van der Waals surface area contributed by atoms with Crippen LogP contribution in [-0.4, -0.2) is 36.3 Å². The summed E-state index contributed by atoms with van der Waals surface area (Å²) in [6.45, 7) is 4.88. The van der Waals surface area contributed by atoms with Crippen molar-refractivity contribution in [2.24, 2.45) is 5.92 Å². The van der Waals surface area contributed by atoms with Crippen LogP contribution in [0.25, 0.3) is 0 Å². The second-order valence-electron chi connectivity index (χ2n) is 4.99. The number of methoxy groups -OCH3 is 1. The number of aliphatic hydroxyl groups is 1. The fourth-order valence-corrected chi connectivity index (χ4v) is 3.05. The molecule has 2 rings (SSSR count). The molecule has 18 heavy (non-hydrogen) atoms. The molecule has 1 saturated heterocycles. The highest BCUT2D eigenvalue weighted by atomic mass is 79.9. The molecule has 1 aliphatic heterocycles. The van der Waals surface area contributed by atoms with Crippen molar-refractivity contribution in [3.8, 4) is 5.75 Å². The van der Waals surface area contributed by atoms with E-state index in [1.165, 1.54) is 5.56 Å². The van der Waals surface area contributed by atoms with E-state index in [9.17, 15) is 5.11 Å². The molecule has 2 unspecified atom stereocenters. The zero-order valence-corrected chi connectivity index (χ0v) is 12.5. The van der Waals surface area contributed by atoms with E-state index in [2.05, 4.69) is 33.0 Å². The van der Waals surface area contributed by atoms with Crippen LogP contribution in [0.4, 0.5) is 0 Å². The Kier molecular flexibility index (Phi) is 4.65. The van der Waals surface area contributed by atoms with Gasteiger partial charge in [-0.1, -0.05) is 6.07 Å². The van der Waals surface area contributed by atoms with Crippen LogP contribution in [0, 0.1) is 5.92 Å². The number of halogens is 1. The van der Waals surface area contributed by atoms with E-state index >= 15 is 0 Å². The molecular weight excluding hydrogens is 294 g/mol. The predicted molar refractivity (Wildman–Crippen MR) is 75.8 cm³/mol. The minimum atomic E-state index is -0.197. The van der Waals surface area contributed by atoms with E-state index in [0.29, 0.717) is 5.92 Å². The summed E-state index contributed by atoms with van der Waals surface area (Å²) < 4.78 is 6.22. The van der Waals surface area contributed by atoms with Crippen LogP contribution in [0.2, 0.25) is 0 Å². The molecule has 100 valence electrons. The number of hydrogen-bond donors (Lipinski definition) is 1. The highest BCUT2D eigenvalue weighted by Crippen LogP contribution is 2.27. The lowest BCUT2D eigenvalue weighted by Crippen LogP contribution is -2.23. The van der Waals surface area contributed by atoms with Crippen molar-refractivity contribution in [1.29, 1.82) is 0 Å². The molecule has 4 heteroatoms. The van der Waals surface area contributed by atoms with Gasteiger partial charge in [0.25, 0.3) is 0 Å². The maximum atomic E-state index is 9.60. The first kappa shape index (κ1) is 13.8. The fraction of sp³-hybridized carbons (Fsp3) is 0.571. The van der Waals surface area contributed by atoms with Gasteiger partial charge in [-0.05, 0) is 59.4 Å². The molecule has 1 fully saturated rings. The van der Waals surface area contributed by atoms with Crippen LogP contribution in [0.1, 0.15) is 18.9 Å². The number of rotatable bonds is 4. The average molecular weight is 314 g/mol. The first-order valence-corrected chi connectivity index (χ1v) is 7.12. The van der Waals surface area contributed by atoms with Gasteiger partial charge in [0.15, 0.2) is 0 Å². The van der Waals surface area contributed by atoms with Gasteiger partial charge in [0.05, 0.1) is 17.7 Å². The van der Waals surface area contributed by atoms with Crippen molar-refractivity contribution < 1.29 is 9.84 Å². The molecule has 1 aromatic rings. The molecule has 3 nitrogen and oxygen atoms in total. The van der Waals surface area contributed by atoms with Gasteiger partial charge in [0, 0.05) is 13.1 Å². The van der Waals surface area contributed by atoms with Crippen molar-refractivity contribution >= 4 is 15.9 Å². The zero-order chi connectivity index (χ0) is 13.1. The van der Waals surface area contributed by atoms with Crippen LogP contribution >= 0.6 is 15.9 Å². The maximum absolute atomic E-state index is 9.60. The van der Waals surface area contributed by atoms with Gasteiger partial charge in [0.1, 0.15) is 5.75 Å². The molecule has 2 atom stereocenters. The minimum absolute atomic E-state index is 0.197. The van der Waals surface area contributed by atoms with Crippen LogP contribution in [-0.2, 0) is 6.54 Å². The van der Waals surface area contributed by atoms with E-state index in [4.69, 9.17) is 4.74 Å². The number of ether oxygens (including phenoxy) is 1. The third-order valence-corrected chi connectivity index (χ3v) is 4.23. The number of likely N-dealkylation sites (tertiary alicyclic amines) is 1. The second kappa shape index (κ2) is 6.04. The van der Waals surface area contributed by atoms with E-state index in [0.717, 1.165) is 36.3 Å². The number of benzene rings is 1. The largest absolute Gasteiger partial charge is 0.496 e. The summed E-state index contributed by atoms with van der Waals surface area (Å²) in [5.41, 5.74) is 1.27. The molecule has 0 saturated carbocycles. The molecule has 0 bridgehead atoms. The Morgan fingerprint density at radius 1 is 1.56 bits per heavy atom. The van der Waals surface area contributed by atoms with Gasteiger partial charge in [-0.25, -0.2) is 0 Å². The van der Waals surface area contributed by atoms with Crippen molar-refractivity contribution in [3.63, 3.8) is 0 Å². The smallest absolute Gasteiger partial charge is 0.133 e. The zero-order valence-electron chi connectivity index (χ0n) is 10.9. The van der Waals surface area contributed by atoms with E-state index in [-0.39, 0.29) is 6.10 Å². The Morgan fingerprint density at radius 2 is 2.33 bits per heavy atom. The highest BCUT2D eigenvalue weighted by Gasteiger charge is 2.25. The highest BCUT2D eigenvalue weighted by molar-refractivity contribution is 9.10. The SMILES string of the molecule is COc1ccc(CN2CCC(C(C)O)C2)cc1Br. The summed E-state index contributed by atoms with van der Waals surface area (Å²) >= 11 is 3.51. The molecule has 0 spiro atoms. The quantitative estimate of drug-likeness (QED) is 0.927. The van der Waals surface area contributed by atoms with Gasteiger partial charge in [-0.2, -0.15) is 0 Å².